The van der Waals surface area contributed by atoms with Gasteiger partial charge in [-0.25, -0.2) is 9.18 Å². The topological polar surface area (TPSA) is 79.3 Å². The number of nitriles is 1. The maximum absolute atomic E-state index is 14.6. The Morgan fingerprint density at radius 1 is 1.28 bits per heavy atom. The van der Waals surface area contributed by atoms with Gasteiger partial charge in [-0.1, -0.05) is 12.1 Å². The van der Waals surface area contributed by atoms with Crippen LogP contribution in [0, 0.1) is 23.1 Å². The Hall–Kier alpha value is -2.91. The summed E-state index contributed by atoms with van der Waals surface area (Å²) >= 11 is 0. The zero-order valence-electron chi connectivity index (χ0n) is 13.4. The smallest absolute Gasteiger partial charge is 0.414 e. The van der Waals surface area contributed by atoms with Crippen molar-refractivity contribution in [1.29, 1.82) is 5.26 Å². The Balaban J connectivity index is 1.60. The first-order valence-electron chi connectivity index (χ1n) is 8.10. The number of nitrogens with zero attached hydrogens (tertiary/aromatic N) is 2. The summed E-state index contributed by atoms with van der Waals surface area (Å²) in [7, 11) is 0. The summed E-state index contributed by atoms with van der Waals surface area (Å²) in [6.45, 7) is 0.389. The number of carbonyl (C=O) groups excluding carboxylic acids is 1. The van der Waals surface area contributed by atoms with Crippen LogP contribution < -0.4 is 10.6 Å². The van der Waals surface area contributed by atoms with Gasteiger partial charge in [-0.2, -0.15) is 5.26 Å². The molecule has 25 heavy (non-hydrogen) atoms. The quantitative estimate of drug-likeness (QED) is 0.933. The number of hydrogen-bond acceptors (Lipinski definition) is 4. The van der Waals surface area contributed by atoms with Crippen LogP contribution in [0.5, 0.6) is 0 Å². The van der Waals surface area contributed by atoms with Crippen molar-refractivity contribution < 1.29 is 13.9 Å². The van der Waals surface area contributed by atoms with E-state index < -0.39 is 11.9 Å². The highest BCUT2D eigenvalue weighted by atomic mass is 19.1. The maximum atomic E-state index is 14.6. The van der Waals surface area contributed by atoms with E-state index in [1.54, 1.807) is 36.4 Å². The Bertz CT molecular complexity index is 892. The predicted octanol–water partition coefficient (Wildman–Crippen LogP) is 3.04. The van der Waals surface area contributed by atoms with Gasteiger partial charge in [0.2, 0.25) is 0 Å². The molecule has 2 aromatic carbocycles. The van der Waals surface area contributed by atoms with Gasteiger partial charge in [0, 0.05) is 17.5 Å². The van der Waals surface area contributed by atoms with E-state index >= 15 is 0 Å². The molecule has 3 atom stereocenters. The summed E-state index contributed by atoms with van der Waals surface area (Å²) in [4.78, 5) is 13.5. The Morgan fingerprint density at radius 2 is 2.08 bits per heavy atom. The van der Waals surface area contributed by atoms with Crippen LogP contribution in [-0.2, 0) is 4.74 Å². The molecule has 5 nitrogen and oxygen atoms in total. The van der Waals surface area contributed by atoms with Crippen LogP contribution in [0.2, 0.25) is 0 Å². The molecule has 0 spiro atoms. The van der Waals surface area contributed by atoms with Crippen molar-refractivity contribution in [1.82, 2.24) is 0 Å². The Morgan fingerprint density at radius 3 is 2.76 bits per heavy atom. The molecule has 126 valence electrons. The van der Waals surface area contributed by atoms with E-state index in [4.69, 9.17) is 15.7 Å². The fraction of sp³-hybridized carbons (Fsp3) is 0.263. The van der Waals surface area contributed by atoms with Gasteiger partial charge in [-0.3, -0.25) is 4.90 Å². The standard InChI is InChI=1S/C19H16FN3O2/c20-16-7-13(23-10-18(25-19(23)24)15-8-17(15)22)4-5-14(16)12-3-1-2-11(6-12)9-21/h1-7,15,17-18H,8,10,22H2. The summed E-state index contributed by atoms with van der Waals surface area (Å²) in [5.41, 5.74) is 7.74. The molecule has 1 aliphatic carbocycles. The van der Waals surface area contributed by atoms with Crippen molar-refractivity contribution >= 4 is 11.8 Å². The minimum atomic E-state index is -0.470. The minimum Gasteiger partial charge on any atom is -0.444 e. The molecule has 2 N–H and O–H groups in total. The van der Waals surface area contributed by atoms with Crippen molar-refractivity contribution in [3.8, 4) is 17.2 Å². The number of amides is 1. The van der Waals surface area contributed by atoms with Gasteiger partial charge in [-0.15, -0.1) is 0 Å². The van der Waals surface area contributed by atoms with E-state index in [-0.39, 0.29) is 18.1 Å². The van der Waals surface area contributed by atoms with Crippen LogP contribution in [0.15, 0.2) is 42.5 Å². The first-order valence-corrected chi connectivity index (χ1v) is 8.10. The largest absolute Gasteiger partial charge is 0.444 e. The molecule has 1 saturated heterocycles. The van der Waals surface area contributed by atoms with Crippen LogP contribution in [-0.4, -0.2) is 24.8 Å². The Labute approximate surface area is 144 Å². The summed E-state index contributed by atoms with van der Waals surface area (Å²) in [5, 5.41) is 8.98. The first-order chi connectivity index (χ1) is 12.1. The normalized spacial score (nSPS) is 24.8. The van der Waals surface area contributed by atoms with Gasteiger partial charge in [0.05, 0.1) is 23.9 Å². The third-order valence-corrected chi connectivity index (χ3v) is 4.77. The van der Waals surface area contributed by atoms with E-state index in [1.807, 2.05) is 6.07 Å². The molecule has 6 heteroatoms. The molecular formula is C19H16FN3O2. The molecule has 0 bridgehead atoms. The number of hydrogen-bond donors (Lipinski definition) is 1. The van der Waals surface area contributed by atoms with Crippen LogP contribution in [0.25, 0.3) is 11.1 Å². The number of rotatable bonds is 3. The molecule has 2 aliphatic rings. The van der Waals surface area contributed by atoms with E-state index in [0.717, 1.165) is 6.42 Å². The molecule has 1 saturated carbocycles. The molecule has 4 rings (SSSR count). The van der Waals surface area contributed by atoms with Crippen molar-refractivity contribution in [2.24, 2.45) is 11.7 Å². The molecule has 0 aromatic heterocycles. The number of carbonyl (C=O) groups is 1. The molecular weight excluding hydrogens is 321 g/mol. The van der Waals surface area contributed by atoms with Gasteiger partial charge >= 0.3 is 6.09 Å². The highest BCUT2D eigenvalue weighted by Crippen LogP contribution is 2.38. The zero-order valence-corrected chi connectivity index (χ0v) is 13.4. The number of benzene rings is 2. The van der Waals surface area contributed by atoms with Crippen molar-refractivity contribution in [2.45, 2.75) is 18.6 Å². The predicted molar refractivity (Wildman–Crippen MR) is 90.2 cm³/mol. The average molecular weight is 337 g/mol. The molecule has 1 amide bonds. The van der Waals surface area contributed by atoms with Crippen molar-refractivity contribution in [3.63, 3.8) is 0 Å². The highest BCUT2D eigenvalue weighted by molar-refractivity contribution is 5.90. The Kier molecular flexibility index (Phi) is 3.66. The average Bonchev–Trinajstić information content (AvgIpc) is 3.22. The van der Waals surface area contributed by atoms with Gasteiger partial charge in [0.25, 0.3) is 0 Å². The lowest BCUT2D eigenvalue weighted by Crippen LogP contribution is -2.26. The monoisotopic (exact) mass is 337 g/mol. The minimum absolute atomic E-state index is 0.0873. The fourth-order valence-electron chi connectivity index (χ4n) is 3.24. The molecule has 1 heterocycles. The number of nitrogens with two attached hydrogens (primary N) is 1. The third-order valence-electron chi connectivity index (χ3n) is 4.77. The van der Waals surface area contributed by atoms with Gasteiger partial charge in [0.1, 0.15) is 11.9 Å². The number of anilines is 1. The van der Waals surface area contributed by atoms with E-state index in [0.29, 0.717) is 28.9 Å². The maximum Gasteiger partial charge on any atom is 0.414 e. The molecule has 0 radical (unpaired) electrons. The lowest BCUT2D eigenvalue weighted by molar-refractivity contribution is 0.129. The summed E-state index contributed by atoms with van der Waals surface area (Å²) in [5.74, 6) is -0.251. The second-order valence-electron chi connectivity index (χ2n) is 6.45. The molecule has 1 aliphatic heterocycles. The molecule has 3 unspecified atom stereocenters. The zero-order chi connectivity index (χ0) is 17.6. The summed E-state index contributed by atoms with van der Waals surface area (Å²) < 4.78 is 20.0. The van der Waals surface area contributed by atoms with Gasteiger partial charge < -0.3 is 10.5 Å². The van der Waals surface area contributed by atoms with Crippen molar-refractivity contribution in [2.75, 3.05) is 11.4 Å². The van der Waals surface area contributed by atoms with Crippen molar-refractivity contribution in [3.05, 3.63) is 53.8 Å². The second-order valence-corrected chi connectivity index (χ2v) is 6.45. The number of ether oxygens (including phenoxy) is 1. The van der Waals surface area contributed by atoms with Crippen LogP contribution in [0.3, 0.4) is 0 Å². The lowest BCUT2D eigenvalue weighted by Gasteiger charge is -2.14. The second kappa shape index (κ2) is 5.87. The SMILES string of the molecule is N#Cc1cccc(-c2ccc(N3CC(C4CC4N)OC3=O)cc2F)c1. The van der Waals surface area contributed by atoms with Crippen LogP contribution in [0.1, 0.15) is 12.0 Å². The van der Waals surface area contributed by atoms with Crippen LogP contribution >= 0.6 is 0 Å². The van der Waals surface area contributed by atoms with Gasteiger partial charge in [0.15, 0.2) is 0 Å². The number of cyclic esters (lactones) is 1. The third kappa shape index (κ3) is 2.83. The lowest BCUT2D eigenvalue weighted by atomic mass is 10.0. The highest BCUT2D eigenvalue weighted by Gasteiger charge is 2.47. The summed E-state index contributed by atoms with van der Waals surface area (Å²) in [6, 6.07) is 13.5. The van der Waals surface area contributed by atoms with E-state index in [9.17, 15) is 9.18 Å². The van der Waals surface area contributed by atoms with E-state index in [2.05, 4.69) is 0 Å². The fourth-order valence-corrected chi connectivity index (χ4v) is 3.24. The van der Waals surface area contributed by atoms with E-state index in [1.165, 1.54) is 11.0 Å². The summed E-state index contributed by atoms with van der Waals surface area (Å²) in [6.07, 6.45) is 0.161. The van der Waals surface area contributed by atoms with Gasteiger partial charge in [-0.05, 0) is 42.3 Å². The molecule has 2 aromatic rings. The molecule has 2 fully saturated rings. The number of halogens is 1. The first kappa shape index (κ1) is 15.6. The van der Waals surface area contributed by atoms with Crippen LogP contribution in [0.4, 0.5) is 14.9 Å².